The van der Waals surface area contributed by atoms with Crippen LogP contribution in [0, 0.1) is 0 Å². The summed E-state index contributed by atoms with van der Waals surface area (Å²) in [6, 6.07) is 15.3. The number of fused-ring (bicyclic) bond motifs is 2. The van der Waals surface area contributed by atoms with Gasteiger partial charge in [-0.15, -0.1) is 0 Å². The molecule has 4 aromatic rings. The number of hydrogen-bond donors (Lipinski definition) is 1. The van der Waals surface area contributed by atoms with E-state index in [4.69, 9.17) is 4.42 Å². The molecule has 2 aromatic carbocycles. The van der Waals surface area contributed by atoms with Crippen LogP contribution in [0.2, 0.25) is 0 Å². The minimum atomic E-state index is -3.33. The predicted molar refractivity (Wildman–Crippen MR) is 122 cm³/mol. The first-order valence-corrected chi connectivity index (χ1v) is 12.2. The summed E-state index contributed by atoms with van der Waals surface area (Å²) in [5.41, 5.74) is 4.40. The van der Waals surface area contributed by atoms with Gasteiger partial charge in [-0.1, -0.05) is 42.5 Å². The second-order valence-electron chi connectivity index (χ2n) is 7.95. The van der Waals surface area contributed by atoms with E-state index in [1.165, 1.54) is 17.2 Å². The van der Waals surface area contributed by atoms with Gasteiger partial charge < -0.3 is 14.3 Å². The van der Waals surface area contributed by atoms with Gasteiger partial charge in [-0.3, -0.25) is 4.79 Å². The minimum Gasteiger partial charge on any atom is -0.451 e. The molecule has 0 spiro atoms. The van der Waals surface area contributed by atoms with Gasteiger partial charge in [0.05, 0.1) is 5.75 Å². The zero-order chi connectivity index (χ0) is 21.6. The second-order valence-corrected chi connectivity index (χ2v) is 10.1. The second kappa shape index (κ2) is 7.42. The number of hydrogen-bond acceptors (Lipinski definition) is 4. The highest BCUT2D eigenvalue weighted by atomic mass is 32.2. The normalized spacial score (nSPS) is 14.9. The van der Waals surface area contributed by atoms with Crippen LogP contribution in [-0.4, -0.2) is 43.6 Å². The van der Waals surface area contributed by atoms with Crippen LogP contribution in [-0.2, 0) is 15.6 Å². The molecule has 0 saturated heterocycles. The van der Waals surface area contributed by atoms with Gasteiger partial charge in [-0.2, -0.15) is 0 Å². The highest BCUT2D eigenvalue weighted by Crippen LogP contribution is 2.32. The van der Waals surface area contributed by atoms with Crippen molar-refractivity contribution in [3.8, 4) is 0 Å². The van der Waals surface area contributed by atoms with Crippen LogP contribution in [0.1, 0.15) is 28.1 Å². The number of carbonyl (C=O) groups excluding carboxylic acids is 1. The predicted octanol–water partition coefficient (Wildman–Crippen LogP) is 4.39. The number of sulfone groups is 1. The lowest BCUT2D eigenvalue weighted by molar-refractivity contribution is 0.0742. The van der Waals surface area contributed by atoms with Crippen molar-refractivity contribution in [2.75, 3.05) is 19.3 Å². The zero-order valence-electron chi connectivity index (χ0n) is 17.1. The molecule has 1 amide bonds. The first-order chi connectivity index (χ1) is 14.9. The highest BCUT2D eigenvalue weighted by molar-refractivity contribution is 7.89. The van der Waals surface area contributed by atoms with Gasteiger partial charge in [-0.25, -0.2) is 8.42 Å². The Labute approximate surface area is 180 Å². The van der Waals surface area contributed by atoms with E-state index in [-0.39, 0.29) is 17.4 Å². The van der Waals surface area contributed by atoms with Crippen LogP contribution in [0.3, 0.4) is 0 Å². The average molecular weight is 435 g/mol. The summed E-state index contributed by atoms with van der Waals surface area (Å²) in [6.45, 7) is 0.989. The third-order valence-corrected chi connectivity index (χ3v) is 6.54. The number of carbonyl (C=O) groups is 1. The maximum atomic E-state index is 13.3. The molecule has 158 valence electrons. The topological polar surface area (TPSA) is 83.4 Å². The van der Waals surface area contributed by atoms with Gasteiger partial charge in [0.25, 0.3) is 5.91 Å². The Morgan fingerprint density at radius 3 is 2.58 bits per heavy atom. The quantitative estimate of drug-likeness (QED) is 0.516. The lowest BCUT2D eigenvalue weighted by atomic mass is 9.98. The minimum absolute atomic E-state index is 0.121. The molecule has 3 heterocycles. The summed E-state index contributed by atoms with van der Waals surface area (Å²) in [6.07, 6.45) is 5.96. The van der Waals surface area contributed by atoms with Crippen molar-refractivity contribution < 1.29 is 17.6 Å². The number of amides is 1. The molecule has 6 nitrogen and oxygen atoms in total. The summed E-state index contributed by atoms with van der Waals surface area (Å²) in [7, 11) is -3.33. The number of rotatable bonds is 4. The molecule has 0 atom stereocenters. The SMILES string of the molecule is CS(=O)(=O)Cc1c(C(=O)N2CC=C(c3c[nH]c4ccccc34)CC2)oc2ccccc12. The van der Waals surface area contributed by atoms with Gasteiger partial charge >= 0.3 is 0 Å². The van der Waals surface area contributed by atoms with Crippen LogP contribution < -0.4 is 0 Å². The summed E-state index contributed by atoms with van der Waals surface area (Å²) < 4.78 is 29.8. The van der Waals surface area contributed by atoms with E-state index >= 15 is 0 Å². The first-order valence-electron chi connectivity index (χ1n) is 10.1. The number of furan rings is 1. The van der Waals surface area contributed by atoms with Gasteiger partial charge in [-0.05, 0) is 24.1 Å². The molecule has 0 saturated carbocycles. The molecular weight excluding hydrogens is 412 g/mol. The van der Waals surface area contributed by atoms with Crippen molar-refractivity contribution in [1.29, 1.82) is 0 Å². The van der Waals surface area contributed by atoms with Gasteiger partial charge in [0, 0.05) is 53.0 Å². The monoisotopic (exact) mass is 434 g/mol. The number of para-hydroxylation sites is 2. The fourth-order valence-electron chi connectivity index (χ4n) is 4.26. The van der Waals surface area contributed by atoms with E-state index in [0.717, 1.165) is 17.5 Å². The van der Waals surface area contributed by atoms with Crippen molar-refractivity contribution >= 4 is 43.2 Å². The average Bonchev–Trinajstić information content (AvgIpc) is 3.34. The Hall–Kier alpha value is -3.32. The van der Waals surface area contributed by atoms with Gasteiger partial charge in [0.2, 0.25) is 0 Å². The molecule has 31 heavy (non-hydrogen) atoms. The molecule has 7 heteroatoms. The molecule has 5 rings (SSSR count). The van der Waals surface area contributed by atoms with Crippen molar-refractivity contribution in [3.05, 3.63) is 77.7 Å². The van der Waals surface area contributed by atoms with Crippen LogP contribution in [0.25, 0.3) is 27.4 Å². The summed E-state index contributed by atoms with van der Waals surface area (Å²) in [4.78, 5) is 18.3. The van der Waals surface area contributed by atoms with Gasteiger partial charge in [0.15, 0.2) is 15.6 Å². The lowest BCUT2D eigenvalue weighted by Crippen LogP contribution is -2.35. The maximum absolute atomic E-state index is 13.3. The summed E-state index contributed by atoms with van der Waals surface area (Å²) in [5, 5.41) is 1.84. The fraction of sp³-hybridized carbons (Fsp3) is 0.208. The number of H-pyrrole nitrogens is 1. The van der Waals surface area contributed by atoms with E-state index in [1.54, 1.807) is 23.1 Å². The maximum Gasteiger partial charge on any atom is 0.290 e. The Balaban J connectivity index is 1.45. The third kappa shape index (κ3) is 3.65. The van der Waals surface area contributed by atoms with Crippen LogP contribution >= 0.6 is 0 Å². The molecule has 1 aliphatic heterocycles. The molecular formula is C24H22N2O4S. The van der Waals surface area contributed by atoms with Crippen molar-refractivity contribution in [3.63, 3.8) is 0 Å². The van der Waals surface area contributed by atoms with Crippen LogP contribution in [0.5, 0.6) is 0 Å². The Morgan fingerprint density at radius 2 is 1.84 bits per heavy atom. The summed E-state index contributed by atoms with van der Waals surface area (Å²) in [5.74, 6) is -0.380. The third-order valence-electron chi connectivity index (χ3n) is 5.73. The summed E-state index contributed by atoms with van der Waals surface area (Å²) >= 11 is 0. The zero-order valence-corrected chi connectivity index (χ0v) is 17.9. The smallest absolute Gasteiger partial charge is 0.290 e. The molecule has 0 bridgehead atoms. The first kappa shape index (κ1) is 19.6. The number of aromatic nitrogens is 1. The van der Waals surface area contributed by atoms with Crippen LogP contribution in [0.4, 0.5) is 0 Å². The van der Waals surface area contributed by atoms with Crippen molar-refractivity contribution in [1.82, 2.24) is 9.88 Å². The molecule has 2 aromatic heterocycles. The largest absolute Gasteiger partial charge is 0.451 e. The number of nitrogens with zero attached hydrogens (tertiary/aromatic N) is 1. The molecule has 1 N–H and O–H groups in total. The van der Waals surface area contributed by atoms with E-state index in [2.05, 4.69) is 17.1 Å². The molecule has 0 radical (unpaired) electrons. The number of aromatic amines is 1. The Bertz CT molecular complexity index is 1440. The van der Waals surface area contributed by atoms with E-state index in [0.29, 0.717) is 29.6 Å². The Morgan fingerprint density at radius 1 is 1.10 bits per heavy atom. The van der Waals surface area contributed by atoms with Gasteiger partial charge in [0.1, 0.15) is 5.58 Å². The Kier molecular flexibility index (Phi) is 4.70. The number of nitrogens with one attached hydrogen (secondary N) is 1. The highest BCUT2D eigenvalue weighted by Gasteiger charge is 2.28. The van der Waals surface area contributed by atoms with Crippen molar-refractivity contribution in [2.45, 2.75) is 12.2 Å². The molecule has 1 aliphatic rings. The van der Waals surface area contributed by atoms with E-state index < -0.39 is 9.84 Å². The molecule has 0 fully saturated rings. The van der Waals surface area contributed by atoms with Crippen LogP contribution in [0.15, 0.2) is 65.2 Å². The molecule has 0 aliphatic carbocycles. The van der Waals surface area contributed by atoms with Crippen molar-refractivity contribution in [2.24, 2.45) is 0 Å². The van der Waals surface area contributed by atoms with E-state index in [9.17, 15) is 13.2 Å². The number of benzene rings is 2. The fourth-order valence-corrected chi connectivity index (χ4v) is 5.07. The molecule has 0 unspecified atom stereocenters. The lowest BCUT2D eigenvalue weighted by Gasteiger charge is -2.26. The van der Waals surface area contributed by atoms with E-state index in [1.807, 2.05) is 30.5 Å². The standard InChI is InChI=1S/C24H22N2O4S/c1-31(28,29)15-20-18-7-3-5-9-22(18)30-23(20)24(27)26-12-10-16(11-13-26)19-14-25-21-8-4-2-6-17(19)21/h2-10,14,25H,11-13,15H2,1H3.